The van der Waals surface area contributed by atoms with Crippen LogP contribution in [-0.4, -0.2) is 36.8 Å². The Morgan fingerprint density at radius 2 is 2.27 bits per heavy atom. The maximum Gasteiger partial charge on any atom is 0.0434 e. The lowest BCUT2D eigenvalue weighted by atomic mass is 10.0. The highest BCUT2D eigenvalue weighted by Crippen LogP contribution is 2.17. The number of rotatable bonds is 2. The topological polar surface area (TPSA) is 23.5 Å². The van der Waals surface area contributed by atoms with Crippen LogP contribution in [-0.2, 0) is 0 Å². The van der Waals surface area contributed by atoms with Gasteiger partial charge in [0.2, 0.25) is 0 Å². The first-order valence-electron chi connectivity index (χ1n) is 4.62. The molecule has 0 aromatic heterocycles. The van der Waals surface area contributed by atoms with Crippen molar-refractivity contribution in [3.63, 3.8) is 0 Å². The fraction of sp³-hybridized carbons (Fsp3) is 1.00. The fourth-order valence-corrected chi connectivity index (χ4v) is 1.86. The molecule has 1 aliphatic rings. The van der Waals surface area contributed by atoms with E-state index in [-0.39, 0.29) is 0 Å². The van der Waals surface area contributed by atoms with E-state index in [0.717, 1.165) is 12.3 Å². The summed E-state index contributed by atoms with van der Waals surface area (Å²) in [6.45, 7) is 2.78. The first-order chi connectivity index (χ1) is 5.33. The summed E-state index contributed by atoms with van der Waals surface area (Å²) in [5.41, 5.74) is 0. The summed E-state index contributed by atoms with van der Waals surface area (Å²) in [7, 11) is 2.18. The standard InChI is InChI=1S/C9H19NO/c1-10-6-3-2-4-9(8-10)5-7-11/h9,11H,2-8H2,1H3. The summed E-state index contributed by atoms with van der Waals surface area (Å²) in [6.07, 6.45) is 4.97. The van der Waals surface area contributed by atoms with E-state index in [1.807, 2.05) is 0 Å². The number of aliphatic hydroxyl groups is 1. The largest absolute Gasteiger partial charge is 0.396 e. The van der Waals surface area contributed by atoms with Gasteiger partial charge in [-0.1, -0.05) is 6.42 Å². The van der Waals surface area contributed by atoms with Gasteiger partial charge in [-0.15, -0.1) is 0 Å². The lowest BCUT2D eigenvalue weighted by Crippen LogP contribution is -2.24. The smallest absolute Gasteiger partial charge is 0.0434 e. The maximum atomic E-state index is 8.78. The quantitative estimate of drug-likeness (QED) is 0.649. The molecule has 1 saturated heterocycles. The number of hydrogen-bond acceptors (Lipinski definition) is 2. The molecule has 0 bridgehead atoms. The minimum Gasteiger partial charge on any atom is -0.396 e. The van der Waals surface area contributed by atoms with E-state index in [9.17, 15) is 0 Å². The molecule has 0 radical (unpaired) electrons. The van der Waals surface area contributed by atoms with E-state index < -0.39 is 0 Å². The molecule has 0 aliphatic carbocycles. The van der Waals surface area contributed by atoms with Gasteiger partial charge >= 0.3 is 0 Å². The van der Waals surface area contributed by atoms with Crippen molar-refractivity contribution >= 4 is 0 Å². The zero-order chi connectivity index (χ0) is 8.10. The third-order valence-electron chi connectivity index (χ3n) is 2.51. The number of hydrogen-bond donors (Lipinski definition) is 1. The van der Waals surface area contributed by atoms with Crippen molar-refractivity contribution < 1.29 is 5.11 Å². The van der Waals surface area contributed by atoms with Gasteiger partial charge in [0.05, 0.1) is 0 Å². The van der Waals surface area contributed by atoms with Gasteiger partial charge < -0.3 is 10.0 Å². The predicted molar refractivity (Wildman–Crippen MR) is 46.5 cm³/mol. The zero-order valence-corrected chi connectivity index (χ0v) is 7.42. The second-order valence-electron chi connectivity index (χ2n) is 3.64. The molecule has 1 unspecified atom stereocenters. The summed E-state index contributed by atoms with van der Waals surface area (Å²) < 4.78 is 0. The second-order valence-corrected chi connectivity index (χ2v) is 3.64. The Labute approximate surface area is 69.2 Å². The molecular formula is C9H19NO. The first-order valence-corrected chi connectivity index (χ1v) is 4.62. The van der Waals surface area contributed by atoms with Crippen LogP contribution in [0.15, 0.2) is 0 Å². The summed E-state index contributed by atoms with van der Waals surface area (Å²) >= 11 is 0. The van der Waals surface area contributed by atoms with Crippen molar-refractivity contribution in [2.75, 3.05) is 26.7 Å². The van der Waals surface area contributed by atoms with Gasteiger partial charge in [0.15, 0.2) is 0 Å². The molecule has 66 valence electrons. The van der Waals surface area contributed by atoms with Crippen molar-refractivity contribution in [1.82, 2.24) is 4.90 Å². The molecule has 0 saturated carbocycles. The first kappa shape index (κ1) is 9.01. The normalized spacial score (nSPS) is 28.4. The maximum absolute atomic E-state index is 8.78. The Hall–Kier alpha value is -0.0800. The van der Waals surface area contributed by atoms with Gasteiger partial charge in [0, 0.05) is 13.2 Å². The highest BCUT2D eigenvalue weighted by atomic mass is 16.3. The van der Waals surface area contributed by atoms with Crippen LogP contribution < -0.4 is 0 Å². The molecule has 1 atom stereocenters. The third kappa shape index (κ3) is 3.21. The lowest BCUT2D eigenvalue weighted by molar-refractivity contribution is 0.224. The molecule has 0 amide bonds. The van der Waals surface area contributed by atoms with Gasteiger partial charge in [0.1, 0.15) is 0 Å². The molecule has 0 aromatic rings. The van der Waals surface area contributed by atoms with Crippen LogP contribution in [0, 0.1) is 5.92 Å². The van der Waals surface area contributed by atoms with Crippen LogP contribution in [0.2, 0.25) is 0 Å². The molecule has 2 heteroatoms. The van der Waals surface area contributed by atoms with E-state index in [1.54, 1.807) is 0 Å². The molecule has 1 aliphatic heterocycles. The summed E-state index contributed by atoms with van der Waals surface area (Å²) in [4.78, 5) is 2.38. The molecule has 1 heterocycles. The van der Waals surface area contributed by atoms with Crippen molar-refractivity contribution in [2.45, 2.75) is 25.7 Å². The van der Waals surface area contributed by atoms with Gasteiger partial charge in [-0.3, -0.25) is 0 Å². The van der Waals surface area contributed by atoms with Crippen LogP contribution in [0.1, 0.15) is 25.7 Å². The second kappa shape index (κ2) is 4.73. The Balaban J connectivity index is 2.27. The van der Waals surface area contributed by atoms with Crippen LogP contribution in [0.4, 0.5) is 0 Å². The monoisotopic (exact) mass is 157 g/mol. The number of likely N-dealkylation sites (tertiary alicyclic amines) is 1. The molecule has 2 nitrogen and oxygen atoms in total. The Morgan fingerprint density at radius 3 is 3.00 bits per heavy atom. The van der Waals surface area contributed by atoms with Crippen LogP contribution in [0.3, 0.4) is 0 Å². The Kier molecular flexibility index (Phi) is 3.87. The van der Waals surface area contributed by atoms with Gasteiger partial charge in [-0.05, 0) is 38.8 Å². The molecule has 11 heavy (non-hydrogen) atoms. The summed E-state index contributed by atoms with van der Waals surface area (Å²) in [5.74, 6) is 0.743. The highest BCUT2D eigenvalue weighted by molar-refractivity contribution is 4.68. The van der Waals surface area contributed by atoms with E-state index >= 15 is 0 Å². The van der Waals surface area contributed by atoms with Crippen LogP contribution in [0.5, 0.6) is 0 Å². The van der Waals surface area contributed by atoms with Crippen molar-refractivity contribution in [3.8, 4) is 0 Å². The zero-order valence-electron chi connectivity index (χ0n) is 7.42. The average molecular weight is 157 g/mol. The SMILES string of the molecule is CN1CCCCC(CCO)C1. The van der Waals surface area contributed by atoms with Crippen LogP contribution >= 0.6 is 0 Å². The Morgan fingerprint density at radius 1 is 1.45 bits per heavy atom. The minimum absolute atomic E-state index is 0.360. The molecule has 1 N–H and O–H groups in total. The van der Waals surface area contributed by atoms with Gasteiger partial charge in [-0.2, -0.15) is 0 Å². The van der Waals surface area contributed by atoms with Crippen LogP contribution in [0.25, 0.3) is 0 Å². The van der Waals surface area contributed by atoms with Crippen molar-refractivity contribution in [1.29, 1.82) is 0 Å². The van der Waals surface area contributed by atoms with E-state index in [1.165, 1.54) is 32.4 Å². The average Bonchev–Trinajstić information content (AvgIpc) is 2.15. The number of nitrogens with zero attached hydrogens (tertiary/aromatic N) is 1. The molecule has 0 aromatic carbocycles. The summed E-state index contributed by atoms with van der Waals surface area (Å²) in [5, 5.41) is 8.78. The molecular weight excluding hydrogens is 138 g/mol. The molecule has 1 rings (SSSR count). The molecule has 1 fully saturated rings. The Bertz CT molecular complexity index is 106. The minimum atomic E-state index is 0.360. The lowest BCUT2D eigenvalue weighted by Gasteiger charge is -2.18. The number of aliphatic hydroxyl groups excluding tert-OH is 1. The van der Waals surface area contributed by atoms with Gasteiger partial charge in [0.25, 0.3) is 0 Å². The summed E-state index contributed by atoms with van der Waals surface area (Å²) in [6, 6.07) is 0. The van der Waals surface area contributed by atoms with Crippen molar-refractivity contribution in [2.24, 2.45) is 5.92 Å². The highest BCUT2D eigenvalue weighted by Gasteiger charge is 2.14. The van der Waals surface area contributed by atoms with E-state index in [4.69, 9.17) is 5.11 Å². The van der Waals surface area contributed by atoms with Gasteiger partial charge in [-0.25, -0.2) is 0 Å². The van der Waals surface area contributed by atoms with E-state index in [0.29, 0.717) is 6.61 Å². The predicted octanol–water partition coefficient (Wildman–Crippen LogP) is 1.10. The molecule has 0 spiro atoms. The third-order valence-corrected chi connectivity index (χ3v) is 2.51. The van der Waals surface area contributed by atoms with Crippen molar-refractivity contribution in [3.05, 3.63) is 0 Å². The van der Waals surface area contributed by atoms with E-state index in [2.05, 4.69) is 11.9 Å². The fourth-order valence-electron chi connectivity index (χ4n) is 1.86.